The number of nitrogens with one attached hydrogen (secondary N) is 2. The Hall–Kier alpha value is -6.56. The molecule has 2 aliphatic rings. The first-order valence-corrected chi connectivity index (χ1v) is 17.7. The fraction of sp³-hybridized carbons (Fsp3) is 0.256. The molecule has 4 aromatic rings. The van der Waals surface area contributed by atoms with Crippen LogP contribution in [0.2, 0.25) is 0 Å². The van der Waals surface area contributed by atoms with Gasteiger partial charge in [0.2, 0.25) is 25.4 Å². The monoisotopic (exact) mass is 748 g/mol. The summed E-state index contributed by atoms with van der Waals surface area (Å²) in [6.07, 6.45) is 6.34. The predicted molar refractivity (Wildman–Crippen MR) is 205 cm³/mol. The zero-order chi connectivity index (χ0) is 39.2. The highest BCUT2D eigenvalue weighted by atomic mass is 16.7. The van der Waals surface area contributed by atoms with Gasteiger partial charge < -0.3 is 39.1 Å². The molecule has 0 saturated heterocycles. The lowest BCUT2D eigenvalue weighted by Crippen LogP contribution is -2.29. The van der Waals surface area contributed by atoms with E-state index in [0.29, 0.717) is 28.9 Å². The van der Waals surface area contributed by atoms with Crippen LogP contribution < -0.4 is 29.6 Å². The summed E-state index contributed by atoms with van der Waals surface area (Å²) in [6.45, 7) is 4.64. The molecule has 0 saturated carbocycles. The third-order valence-corrected chi connectivity index (χ3v) is 8.68. The van der Waals surface area contributed by atoms with Crippen molar-refractivity contribution in [2.75, 3.05) is 27.8 Å². The number of rotatable bonds is 13. The highest BCUT2D eigenvalue weighted by Crippen LogP contribution is 2.34. The van der Waals surface area contributed by atoms with Gasteiger partial charge in [0.05, 0.1) is 39.1 Å². The van der Waals surface area contributed by atoms with Crippen LogP contribution in [0.4, 0.5) is 0 Å². The zero-order valence-corrected chi connectivity index (χ0v) is 31.1. The lowest BCUT2D eigenvalue weighted by molar-refractivity contribution is -0.142. The summed E-state index contributed by atoms with van der Waals surface area (Å²) in [4.78, 5) is 48.2. The van der Waals surface area contributed by atoms with E-state index in [4.69, 9.17) is 28.4 Å². The number of methoxy groups -OCH3 is 2. The number of hydrogen-bond donors (Lipinski definition) is 2. The van der Waals surface area contributed by atoms with Crippen molar-refractivity contribution in [3.63, 3.8) is 0 Å². The average molecular weight is 749 g/mol. The summed E-state index contributed by atoms with van der Waals surface area (Å²) in [5.41, 5.74) is 4.51. The van der Waals surface area contributed by atoms with Crippen LogP contribution in [0.25, 0.3) is 12.2 Å². The summed E-state index contributed by atoms with van der Waals surface area (Å²) >= 11 is 0. The van der Waals surface area contributed by atoms with E-state index in [1.54, 1.807) is 30.4 Å². The van der Waals surface area contributed by atoms with Crippen LogP contribution in [0.5, 0.6) is 23.0 Å². The van der Waals surface area contributed by atoms with Crippen LogP contribution in [0.3, 0.4) is 0 Å². The second-order valence-electron chi connectivity index (χ2n) is 12.8. The minimum atomic E-state index is -0.474. The number of fused-ring (bicyclic) bond motifs is 2. The third kappa shape index (κ3) is 11.7. The van der Waals surface area contributed by atoms with Crippen LogP contribution in [0, 0.1) is 0 Å². The Balaban J connectivity index is 0.000000212. The SMILES string of the molecule is COC(=O)CC(NC(=O)/C=C/c1ccc2c(c1)OCO2)c1ccc(C(C)C)cc1.COC(=O)CC(NC(=O)/C=C/c1ccc2c(c1)OCO2)c1ccccc1. The average Bonchev–Trinajstić information content (AvgIpc) is 3.88. The number of hydrogen-bond acceptors (Lipinski definition) is 10. The number of esters is 2. The molecule has 2 heterocycles. The Morgan fingerprint density at radius 1 is 0.582 bits per heavy atom. The van der Waals surface area contributed by atoms with E-state index in [0.717, 1.165) is 22.3 Å². The molecule has 2 N–H and O–H groups in total. The van der Waals surface area contributed by atoms with Crippen LogP contribution >= 0.6 is 0 Å². The zero-order valence-electron chi connectivity index (χ0n) is 31.1. The molecule has 2 amide bonds. The number of carbonyl (C=O) groups excluding carboxylic acids is 4. The molecule has 0 radical (unpaired) electrons. The van der Waals surface area contributed by atoms with Crippen LogP contribution in [0.15, 0.2) is 103 Å². The number of amides is 2. The van der Waals surface area contributed by atoms with E-state index in [2.05, 4.69) is 24.5 Å². The summed E-state index contributed by atoms with van der Waals surface area (Å²) in [7, 11) is 2.66. The molecule has 286 valence electrons. The Morgan fingerprint density at radius 3 is 1.44 bits per heavy atom. The maximum absolute atomic E-state index is 12.5. The van der Waals surface area contributed by atoms with Gasteiger partial charge in [-0.3, -0.25) is 19.2 Å². The number of ether oxygens (including phenoxy) is 6. The Morgan fingerprint density at radius 2 is 1.00 bits per heavy atom. The normalized spacial score (nSPS) is 13.5. The van der Waals surface area contributed by atoms with Gasteiger partial charge in [0.25, 0.3) is 0 Å². The highest BCUT2D eigenvalue weighted by Gasteiger charge is 2.20. The maximum atomic E-state index is 12.5. The summed E-state index contributed by atoms with van der Waals surface area (Å²) < 4.78 is 30.7. The van der Waals surface area contributed by atoms with E-state index < -0.39 is 12.1 Å². The van der Waals surface area contributed by atoms with Gasteiger partial charge in [0.1, 0.15) is 0 Å². The molecule has 2 atom stereocenters. The quantitative estimate of drug-likeness (QED) is 0.110. The smallest absolute Gasteiger partial charge is 0.307 e. The van der Waals surface area contributed by atoms with E-state index in [1.807, 2.05) is 72.8 Å². The first kappa shape index (κ1) is 39.6. The first-order chi connectivity index (χ1) is 26.6. The molecule has 0 aliphatic carbocycles. The Bertz CT molecular complexity index is 2010. The lowest BCUT2D eigenvalue weighted by atomic mass is 9.97. The van der Waals surface area contributed by atoms with Crippen molar-refractivity contribution in [1.82, 2.24) is 10.6 Å². The molecule has 0 fully saturated rings. The molecule has 0 spiro atoms. The van der Waals surface area contributed by atoms with Crippen molar-refractivity contribution in [2.24, 2.45) is 0 Å². The molecule has 0 bridgehead atoms. The van der Waals surface area contributed by atoms with Crippen molar-refractivity contribution in [2.45, 2.75) is 44.7 Å². The maximum Gasteiger partial charge on any atom is 0.307 e. The Kier molecular flexibility index (Phi) is 14.1. The molecule has 0 aromatic heterocycles. The molecule has 6 rings (SSSR count). The van der Waals surface area contributed by atoms with Gasteiger partial charge in [-0.1, -0.05) is 80.6 Å². The molecule has 4 aromatic carbocycles. The van der Waals surface area contributed by atoms with E-state index >= 15 is 0 Å². The third-order valence-electron chi connectivity index (χ3n) is 8.68. The van der Waals surface area contributed by atoms with Gasteiger partial charge in [0, 0.05) is 12.2 Å². The van der Waals surface area contributed by atoms with E-state index in [9.17, 15) is 19.2 Å². The van der Waals surface area contributed by atoms with Crippen molar-refractivity contribution in [3.05, 3.63) is 131 Å². The topological polar surface area (TPSA) is 148 Å². The van der Waals surface area contributed by atoms with Gasteiger partial charge in [-0.25, -0.2) is 0 Å². The molecule has 12 nitrogen and oxygen atoms in total. The minimum Gasteiger partial charge on any atom is -0.469 e. The second-order valence-corrected chi connectivity index (χ2v) is 12.8. The number of carbonyl (C=O) groups is 4. The summed E-state index contributed by atoms with van der Waals surface area (Å²) in [5.74, 6) is 1.71. The summed E-state index contributed by atoms with van der Waals surface area (Å²) in [5, 5.41) is 5.73. The van der Waals surface area contributed by atoms with Gasteiger partial charge >= 0.3 is 11.9 Å². The second kappa shape index (κ2) is 19.5. The fourth-order valence-corrected chi connectivity index (χ4v) is 5.62. The predicted octanol–water partition coefficient (Wildman–Crippen LogP) is 6.82. The largest absolute Gasteiger partial charge is 0.469 e. The molecule has 55 heavy (non-hydrogen) atoms. The van der Waals surface area contributed by atoms with Gasteiger partial charge in [-0.05, 0) is 70.2 Å². The van der Waals surface area contributed by atoms with E-state index in [1.165, 1.54) is 31.9 Å². The van der Waals surface area contributed by atoms with Crippen LogP contribution in [-0.2, 0) is 28.7 Å². The minimum absolute atomic E-state index is 0.0567. The first-order valence-electron chi connectivity index (χ1n) is 17.7. The number of benzene rings is 4. The Labute approximate surface area is 320 Å². The highest BCUT2D eigenvalue weighted by molar-refractivity contribution is 5.93. The summed E-state index contributed by atoms with van der Waals surface area (Å²) in [6, 6.07) is 27.1. The van der Waals surface area contributed by atoms with Gasteiger partial charge in [-0.2, -0.15) is 0 Å². The van der Waals surface area contributed by atoms with Crippen LogP contribution in [0.1, 0.15) is 72.5 Å². The van der Waals surface area contributed by atoms with Crippen molar-refractivity contribution >= 4 is 35.9 Å². The molecular formula is C43H44N2O10. The fourth-order valence-electron chi connectivity index (χ4n) is 5.62. The van der Waals surface area contributed by atoms with Crippen molar-refractivity contribution < 1.29 is 47.6 Å². The molecule has 12 heteroatoms. The van der Waals surface area contributed by atoms with Gasteiger partial charge in [-0.15, -0.1) is 0 Å². The van der Waals surface area contributed by atoms with Crippen LogP contribution in [-0.4, -0.2) is 51.6 Å². The standard InChI is InChI=1S/C23H25NO5.C20H19NO5/c1-15(2)17-6-8-18(9-7-17)19(13-23(26)27-3)24-22(25)11-5-16-4-10-20-21(12-16)29-14-28-20;1-24-20(23)12-16(15-5-3-2-4-6-15)21-19(22)10-8-14-7-9-17-18(11-14)26-13-25-17/h4-12,15,19H,13-14H2,1-3H3,(H,24,25);2-11,16H,12-13H2,1H3,(H,21,22)/b11-5+;10-8+. The lowest BCUT2D eigenvalue weighted by Gasteiger charge is -2.18. The van der Waals surface area contributed by atoms with Crippen molar-refractivity contribution in [1.29, 1.82) is 0 Å². The van der Waals surface area contributed by atoms with Crippen molar-refractivity contribution in [3.8, 4) is 23.0 Å². The molecular weight excluding hydrogens is 704 g/mol. The van der Waals surface area contributed by atoms with E-state index in [-0.39, 0.29) is 50.2 Å². The molecule has 2 aliphatic heterocycles. The van der Waals surface area contributed by atoms with Gasteiger partial charge in [0.15, 0.2) is 23.0 Å². The molecule has 2 unspecified atom stereocenters.